The summed E-state index contributed by atoms with van der Waals surface area (Å²) in [6, 6.07) is 2.01. The average Bonchev–Trinajstić information content (AvgIpc) is 2.55. The van der Waals surface area contributed by atoms with Gasteiger partial charge in [0.2, 0.25) is 0 Å². The van der Waals surface area contributed by atoms with E-state index in [2.05, 4.69) is 0 Å². The van der Waals surface area contributed by atoms with Crippen LogP contribution in [0.3, 0.4) is 0 Å². The molecule has 1 aliphatic rings. The molecule has 0 amide bonds. The lowest BCUT2D eigenvalue weighted by atomic mass is 10.2. The van der Waals surface area contributed by atoms with Crippen molar-refractivity contribution in [1.82, 2.24) is 0 Å². The molecule has 2 heteroatoms. The molecular formula is C9H14O2. The molecule has 62 valence electrons. The first-order valence-corrected chi connectivity index (χ1v) is 4.10. The van der Waals surface area contributed by atoms with E-state index in [0.29, 0.717) is 6.61 Å². The van der Waals surface area contributed by atoms with Crippen molar-refractivity contribution in [2.24, 2.45) is 0 Å². The number of hydrogen-bond donors (Lipinski definition) is 0. The molecule has 0 fully saturated rings. The van der Waals surface area contributed by atoms with Crippen LogP contribution in [0.15, 0.2) is 16.7 Å². The summed E-state index contributed by atoms with van der Waals surface area (Å²) in [7, 11) is 0. The maximum atomic E-state index is 5.16. The molecular weight excluding hydrogens is 140 g/mol. The van der Waals surface area contributed by atoms with Gasteiger partial charge in [-0.05, 0) is 18.1 Å². The standard InChI is InChI=1S/C7H8O2.C2H6/c1-3-8-5-7-6(1)2-4-9-7;1-2/h2,4H,1,3,5H2;1-2H3. The number of rotatable bonds is 0. The largest absolute Gasteiger partial charge is 0.467 e. The first kappa shape index (κ1) is 8.34. The first-order chi connectivity index (χ1) is 5.47. The molecule has 2 nitrogen and oxygen atoms in total. The Morgan fingerprint density at radius 1 is 1.36 bits per heavy atom. The highest BCUT2D eigenvalue weighted by molar-refractivity contribution is 5.17. The number of hydrogen-bond acceptors (Lipinski definition) is 2. The number of furan rings is 1. The Kier molecular flexibility index (Phi) is 3.17. The Bertz CT molecular complexity index is 183. The van der Waals surface area contributed by atoms with Gasteiger partial charge in [0.05, 0.1) is 12.9 Å². The van der Waals surface area contributed by atoms with Gasteiger partial charge in [0.1, 0.15) is 12.4 Å². The lowest BCUT2D eigenvalue weighted by molar-refractivity contribution is 0.0940. The van der Waals surface area contributed by atoms with Gasteiger partial charge in [-0.3, -0.25) is 0 Å². The fourth-order valence-corrected chi connectivity index (χ4v) is 1.06. The lowest BCUT2D eigenvalue weighted by Crippen LogP contribution is -2.06. The van der Waals surface area contributed by atoms with Crippen molar-refractivity contribution in [2.45, 2.75) is 26.9 Å². The molecule has 0 atom stereocenters. The molecule has 0 radical (unpaired) electrons. The summed E-state index contributed by atoms with van der Waals surface area (Å²) in [5.74, 6) is 1.00. The molecule has 2 rings (SSSR count). The molecule has 0 spiro atoms. The highest BCUT2D eigenvalue weighted by atomic mass is 16.5. The van der Waals surface area contributed by atoms with Crippen molar-refractivity contribution in [3.8, 4) is 0 Å². The zero-order valence-electron chi connectivity index (χ0n) is 7.09. The van der Waals surface area contributed by atoms with Crippen LogP contribution in [0.2, 0.25) is 0 Å². The van der Waals surface area contributed by atoms with E-state index < -0.39 is 0 Å². The smallest absolute Gasteiger partial charge is 0.132 e. The van der Waals surface area contributed by atoms with Gasteiger partial charge in [0.25, 0.3) is 0 Å². The second-order valence-electron chi connectivity index (χ2n) is 2.17. The lowest BCUT2D eigenvalue weighted by Gasteiger charge is -2.08. The summed E-state index contributed by atoms with van der Waals surface area (Å²) in [6.45, 7) is 5.49. The van der Waals surface area contributed by atoms with Crippen LogP contribution in [0.4, 0.5) is 0 Å². The molecule has 0 unspecified atom stereocenters. The van der Waals surface area contributed by atoms with Crippen molar-refractivity contribution in [3.63, 3.8) is 0 Å². The summed E-state index contributed by atoms with van der Waals surface area (Å²) in [4.78, 5) is 0. The predicted molar refractivity (Wildman–Crippen MR) is 43.4 cm³/mol. The number of ether oxygens (including phenoxy) is 1. The maximum Gasteiger partial charge on any atom is 0.132 e. The fourth-order valence-electron chi connectivity index (χ4n) is 1.06. The summed E-state index contributed by atoms with van der Waals surface area (Å²) >= 11 is 0. The quantitative estimate of drug-likeness (QED) is 0.572. The van der Waals surface area contributed by atoms with Gasteiger partial charge in [-0.1, -0.05) is 13.8 Å². The highest BCUT2D eigenvalue weighted by Crippen LogP contribution is 2.16. The van der Waals surface area contributed by atoms with E-state index in [1.807, 2.05) is 19.9 Å². The Balaban J connectivity index is 0.000000281. The third-order valence-corrected chi connectivity index (χ3v) is 1.59. The molecule has 0 aromatic carbocycles. The highest BCUT2D eigenvalue weighted by Gasteiger charge is 2.10. The van der Waals surface area contributed by atoms with Gasteiger partial charge in [-0.25, -0.2) is 0 Å². The Hall–Kier alpha value is -0.760. The van der Waals surface area contributed by atoms with E-state index in [9.17, 15) is 0 Å². The minimum atomic E-state index is 0.655. The minimum Gasteiger partial charge on any atom is -0.467 e. The van der Waals surface area contributed by atoms with Gasteiger partial charge in [0.15, 0.2) is 0 Å². The third-order valence-electron chi connectivity index (χ3n) is 1.59. The predicted octanol–water partition coefficient (Wildman–Crippen LogP) is 2.38. The van der Waals surface area contributed by atoms with Gasteiger partial charge in [-0.15, -0.1) is 0 Å². The van der Waals surface area contributed by atoms with Crippen LogP contribution in [-0.4, -0.2) is 6.61 Å². The van der Waals surface area contributed by atoms with Crippen LogP contribution < -0.4 is 0 Å². The van der Waals surface area contributed by atoms with Crippen molar-refractivity contribution < 1.29 is 9.15 Å². The summed E-state index contributed by atoms with van der Waals surface area (Å²) < 4.78 is 10.3. The molecule has 0 N–H and O–H groups in total. The van der Waals surface area contributed by atoms with Crippen LogP contribution in [-0.2, 0) is 17.8 Å². The van der Waals surface area contributed by atoms with E-state index in [1.165, 1.54) is 5.56 Å². The normalized spacial score (nSPS) is 14.7. The van der Waals surface area contributed by atoms with Gasteiger partial charge >= 0.3 is 0 Å². The van der Waals surface area contributed by atoms with Crippen LogP contribution in [0.5, 0.6) is 0 Å². The second kappa shape index (κ2) is 4.19. The molecule has 1 aromatic rings. The van der Waals surface area contributed by atoms with E-state index in [1.54, 1.807) is 6.26 Å². The molecule has 0 bridgehead atoms. The van der Waals surface area contributed by atoms with Crippen molar-refractivity contribution in [3.05, 3.63) is 23.7 Å². The molecule has 0 saturated heterocycles. The molecule has 0 aliphatic carbocycles. The van der Waals surface area contributed by atoms with Crippen LogP contribution >= 0.6 is 0 Å². The molecule has 0 saturated carbocycles. The zero-order chi connectivity index (χ0) is 8.10. The van der Waals surface area contributed by atoms with E-state index in [0.717, 1.165) is 18.8 Å². The first-order valence-electron chi connectivity index (χ1n) is 4.10. The topological polar surface area (TPSA) is 22.4 Å². The van der Waals surface area contributed by atoms with Gasteiger partial charge < -0.3 is 9.15 Å². The second-order valence-corrected chi connectivity index (χ2v) is 2.17. The molecule has 11 heavy (non-hydrogen) atoms. The van der Waals surface area contributed by atoms with Crippen molar-refractivity contribution in [1.29, 1.82) is 0 Å². The van der Waals surface area contributed by atoms with Crippen molar-refractivity contribution >= 4 is 0 Å². The Morgan fingerprint density at radius 2 is 2.18 bits per heavy atom. The van der Waals surface area contributed by atoms with E-state index in [4.69, 9.17) is 9.15 Å². The SMILES string of the molecule is CC.c1cc2c(o1)COCC2. The molecule has 2 heterocycles. The Labute approximate surface area is 67.2 Å². The monoisotopic (exact) mass is 154 g/mol. The summed E-state index contributed by atoms with van der Waals surface area (Å²) in [5.41, 5.74) is 1.31. The fraction of sp³-hybridized carbons (Fsp3) is 0.556. The van der Waals surface area contributed by atoms with Crippen LogP contribution in [0, 0.1) is 0 Å². The zero-order valence-corrected chi connectivity index (χ0v) is 7.09. The number of fused-ring (bicyclic) bond motifs is 1. The minimum absolute atomic E-state index is 0.655. The Morgan fingerprint density at radius 3 is 2.91 bits per heavy atom. The van der Waals surface area contributed by atoms with Crippen molar-refractivity contribution in [2.75, 3.05) is 6.61 Å². The molecule has 1 aromatic heterocycles. The summed E-state index contributed by atoms with van der Waals surface area (Å²) in [5, 5.41) is 0. The van der Waals surface area contributed by atoms with Crippen LogP contribution in [0.1, 0.15) is 25.2 Å². The molecule has 1 aliphatic heterocycles. The van der Waals surface area contributed by atoms with Crippen LogP contribution in [0.25, 0.3) is 0 Å². The van der Waals surface area contributed by atoms with Gasteiger partial charge in [-0.2, -0.15) is 0 Å². The third kappa shape index (κ3) is 1.84. The van der Waals surface area contributed by atoms with Gasteiger partial charge in [0, 0.05) is 0 Å². The summed E-state index contributed by atoms with van der Waals surface area (Å²) in [6.07, 6.45) is 2.73. The maximum absolute atomic E-state index is 5.16. The van der Waals surface area contributed by atoms with E-state index >= 15 is 0 Å². The van der Waals surface area contributed by atoms with E-state index in [-0.39, 0.29) is 0 Å². The average molecular weight is 154 g/mol.